The van der Waals surface area contributed by atoms with Crippen molar-refractivity contribution in [3.63, 3.8) is 0 Å². The summed E-state index contributed by atoms with van der Waals surface area (Å²) in [6.07, 6.45) is 1.99. The van der Waals surface area contributed by atoms with Crippen LogP contribution in [0.25, 0.3) is 5.52 Å². The van der Waals surface area contributed by atoms with Crippen LogP contribution in [0.1, 0.15) is 76.2 Å². The molecule has 2 aromatic heterocycles. The lowest BCUT2D eigenvalue weighted by Gasteiger charge is -2.09. The first-order valence-corrected chi connectivity index (χ1v) is 6.92. The fourth-order valence-electron chi connectivity index (χ4n) is 2.39. The molecule has 0 bridgehead atoms. The Morgan fingerprint density at radius 1 is 0.889 bits per heavy atom. The summed E-state index contributed by atoms with van der Waals surface area (Å²) in [7, 11) is 0. The second-order valence-electron chi connectivity index (χ2n) is 6.06. The van der Waals surface area contributed by atoms with Crippen molar-refractivity contribution in [3.8, 4) is 0 Å². The molecule has 0 fully saturated rings. The lowest BCUT2D eigenvalue weighted by Crippen LogP contribution is -2.00. The largest absolute Gasteiger partial charge is 0.304 e. The fourth-order valence-corrected chi connectivity index (χ4v) is 2.39. The monoisotopic (exact) mass is 244 g/mol. The van der Waals surface area contributed by atoms with E-state index in [4.69, 9.17) is 0 Å². The highest BCUT2D eigenvalue weighted by Gasteiger charge is 2.15. The smallest absolute Gasteiger partial charge is 0.0996 e. The molecule has 18 heavy (non-hydrogen) atoms. The third-order valence-electron chi connectivity index (χ3n) is 3.55. The maximum absolute atomic E-state index is 4.59. The van der Waals surface area contributed by atoms with Crippen molar-refractivity contribution in [1.29, 1.82) is 0 Å². The third kappa shape index (κ3) is 2.16. The molecular weight excluding hydrogens is 220 g/mol. The van der Waals surface area contributed by atoms with Gasteiger partial charge in [-0.1, -0.05) is 41.5 Å². The van der Waals surface area contributed by atoms with Crippen molar-refractivity contribution in [1.82, 2.24) is 9.38 Å². The molecule has 0 aromatic carbocycles. The molecule has 0 unspecified atom stereocenters. The average Bonchev–Trinajstić information content (AvgIpc) is 2.67. The molecule has 0 aliphatic rings. The molecule has 0 atom stereocenters. The van der Waals surface area contributed by atoms with Gasteiger partial charge in [0.25, 0.3) is 0 Å². The zero-order chi connectivity index (χ0) is 13.4. The Labute approximate surface area is 110 Å². The van der Waals surface area contributed by atoms with Crippen LogP contribution in [-0.4, -0.2) is 9.38 Å². The highest BCUT2D eigenvalue weighted by atomic mass is 15.0. The first-order valence-electron chi connectivity index (χ1n) is 6.92. The number of hydrogen-bond donors (Lipinski definition) is 0. The number of aromatic nitrogens is 2. The summed E-state index contributed by atoms with van der Waals surface area (Å²) in [5.41, 5.74) is 5.30. The summed E-state index contributed by atoms with van der Waals surface area (Å²) in [5.74, 6) is 1.55. The van der Waals surface area contributed by atoms with Crippen LogP contribution in [0, 0.1) is 0 Å². The van der Waals surface area contributed by atoms with E-state index in [-0.39, 0.29) is 0 Å². The van der Waals surface area contributed by atoms with Crippen LogP contribution >= 0.6 is 0 Å². The molecule has 2 aromatic rings. The number of nitrogens with zero attached hydrogens (tertiary/aromatic N) is 2. The first kappa shape index (κ1) is 13.1. The molecule has 2 nitrogen and oxygen atoms in total. The van der Waals surface area contributed by atoms with Gasteiger partial charge in [-0.2, -0.15) is 0 Å². The summed E-state index contributed by atoms with van der Waals surface area (Å²) in [6, 6.07) is 4.60. The maximum atomic E-state index is 4.59. The molecule has 2 rings (SSSR count). The molecule has 0 saturated heterocycles. The Morgan fingerprint density at radius 3 is 2.06 bits per heavy atom. The second-order valence-corrected chi connectivity index (χ2v) is 6.06. The van der Waals surface area contributed by atoms with Gasteiger partial charge in [-0.3, -0.25) is 0 Å². The SMILES string of the molecule is CC(C)c1cc2c(C(C)C)cc(C(C)C)n2cn1. The van der Waals surface area contributed by atoms with Gasteiger partial charge < -0.3 is 4.40 Å². The average molecular weight is 244 g/mol. The van der Waals surface area contributed by atoms with Crippen molar-refractivity contribution < 1.29 is 0 Å². The minimum atomic E-state index is 0.479. The zero-order valence-electron chi connectivity index (χ0n) is 12.4. The van der Waals surface area contributed by atoms with E-state index in [0.29, 0.717) is 17.8 Å². The maximum Gasteiger partial charge on any atom is 0.0996 e. The van der Waals surface area contributed by atoms with Crippen LogP contribution in [0.2, 0.25) is 0 Å². The van der Waals surface area contributed by atoms with E-state index in [0.717, 1.165) is 0 Å². The molecule has 0 aliphatic heterocycles. The van der Waals surface area contributed by atoms with Crippen LogP contribution in [0.15, 0.2) is 18.5 Å². The predicted octanol–water partition coefficient (Wildman–Crippen LogP) is 4.70. The van der Waals surface area contributed by atoms with E-state index >= 15 is 0 Å². The minimum Gasteiger partial charge on any atom is -0.304 e. The Bertz CT molecular complexity index is 547. The van der Waals surface area contributed by atoms with Crippen molar-refractivity contribution >= 4 is 5.52 Å². The highest BCUT2D eigenvalue weighted by Crippen LogP contribution is 2.29. The second kappa shape index (κ2) is 4.75. The van der Waals surface area contributed by atoms with Crippen molar-refractivity contribution in [2.45, 2.75) is 59.3 Å². The minimum absolute atomic E-state index is 0.479. The van der Waals surface area contributed by atoms with Gasteiger partial charge in [0.05, 0.1) is 11.8 Å². The van der Waals surface area contributed by atoms with E-state index < -0.39 is 0 Å². The summed E-state index contributed by atoms with van der Waals surface area (Å²) in [4.78, 5) is 4.59. The van der Waals surface area contributed by atoms with Crippen molar-refractivity contribution in [2.75, 3.05) is 0 Å². The number of rotatable bonds is 3. The molecule has 0 spiro atoms. The predicted molar refractivity (Wildman–Crippen MR) is 77.5 cm³/mol. The van der Waals surface area contributed by atoms with Gasteiger partial charge >= 0.3 is 0 Å². The van der Waals surface area contributed by atoms with E-state index in [1.807, 2.05) is 6.33 Å². The van der Waals surface area contributed by atoms with Crippen LogP contribution < -0.4 is 0 Å². The van der Waals surface area contributed by atoms with E-state index in [9.17, 15) is 0 Å². The van der Waals surface area contributed by atoms with Gasteiger partial charge in [-0.15, -0.1) is 0 Å². The highest BCUT2D eigenvalue weighted by molar-refractivity contribution is 5.60. The Balaban J connectivity index is 2.71. The summed E-state index contributed by atoms with van der Waals surface area (Å²) >= 11 is 0. The summed E-state index contributed by atoms with van der Waals surface area (Å²) < 4.78 is 2.26. The lowest BCUT2D eigenvalue weighted by atomic mass is 10.0. The van der Waals surface area contributed by atoms with E-state index in [1.165, 1.54) is 22.5 Å². The number of fused-ring (bicyclic) bond motifs is 1. The van der Waals surface area contributed by atoms with Gasteiger partial charge in [-0.05, 0) is 35.4 Å². The van der Waals surface area contributed by atoms with E-state index in [2.05, 4.69) is 63.1 Å². The van der Waals surface area contributed by atoms with Crippen LogP contribution in [0.5, 0.6) is 0 Å². The molecule has 0 N–H and O–H groups in total. The lowest BCUT2D eigenvalue weighted by molar-refractivity contribution is 0.779. The molecular formula is C16H24N2. The van der Waals surface area contributed by atoms with Crippen LogP contribution in [0.3, 0.4) is 0 Å². The quantitative estimate of drug-likeness (QED) is 0.764. The Morgan fingerprint density at radius 2 is 1.56 bits per heavy atom. The molecule has 2 heteroatoms. The molecule has 2 heterocycles. The number of hydrogen-bond acceptors (Lipinski definition) is 1. The van der Waals surface area contributed by atoms with Crippen molar-refractivity contribution in [3.05, 3.63) is 35.4 Å². The zero-order valence-corrected chi connectivity index (χ0v) is 12.4. The molecule has 98 valence electrons. The molecule has 0 saturated carbocycles. The first-order chi connectivity index (χ1) is 8.41. The topological polar surface area (TPSA) is 17.3 Å². The standard InChI is InChI=1S/C16H24N2/c1-10(2)13-7-15(12(5)6)18-9-17-14(11(3)4)8-16(13)18/h7-12H,1-6H3. The normalized spacial score (nSPS) is 12.3. The molecule has 0 amide bonds. The summed E-state index contributed by atoms with van der Waals surface area (Å²) in [6.45, 7) is 13.4. The van der Waals surface area contributed by atoms with Gasteiger partial charge in [-0.25, -0.2) is 4.98 Å². The van der Waals surface area contributed by atoms with Gasteiger partial charge in [0, 0.05) is 11.4 Å². The Hall–Kier alpha value is -1.31. The van der Waals surface area contributed by atoms with Crippen LogP contribution in [0.4, 0.5) is 0 Å². The van der Waals surface area contributed by atoms with Gasteiger partial charge in [0.15, 0.2) is 0 Å². The van der Waals surface area contributed by atoms with Crippen molar-refractivity contribution in [2.24, 2.45) is 0 Å². The van der Waals surface area contributed by atoms with Gasteiger partial charge in [0.1, 0.15) is 0 Å². The fraction of sp³-hybridized carbons (Fsp3) is 0.562. The molecule has 0 aliphatic carbocycles. The summed E-state index contributed by atoms with van der Waals surface area (Å²) in [5, 5.41) is 0. The third-order valence-corrected chi connectivity index (χ3v) is 3.55. The van der Waals surface area contributed by atoms with Crippen LogP contribution in [-0.2, 0) is 0 Å². The van der Waals surface area contributed by atoms with E-state index in [1.54, 1.807) is 0 Å². The Kier molecular flexibility index (Phi) is 3.47. The van der Waals surface area contributed by atoms with Gasteiger partial charge in [0.2, 0.25) is 0 Å². The molecule has 0 radical (unpaired) electrons.